The van der Waals surface area contributed by atoms with E-state index in [0.29, 0.717) is 12.5 Å². The molecule has 0 atom stereocenters. The molecule has 1 saturated heterocycles. The Morgan fingerprint density at radius 2 is 2.27 bits per heavy atom. The fraction of sp³-hybridized carbons (Fsp3) is 0.600. The van der Waals surface area contributed by atoms with Crippen molar-refractivity contribution in [2.24, 2.45) is 0 Å². The van der Waals surface area contributed by atoms with E-state index in [1.165, 1.54) is 0 Å². The van der Waals surface area contributed by atoms with Gasteiger partial charge in [-0.15, -0.1) is 5.10 Å². The van der Waals surface area contributed by atoms with Crippen LogP contribution in [0.25, 0.3) is 0 Å². The number of hydrogen-bond donors (Lipinski definition) is 1. The largest absolute Gasteiger partial charge is 0.477 e. The second kappa shape index (κ2) is 4.93. The summed E-state index contributed by atoms with van der Waals surface area (Å²) < 4.78 is 5.32. The van der Waals surface area contributed by atoms with Crippen LogP contribution in [0.1, 0.15) is 6.92 Å². The van der Waals surface area contributed by atoms with Crippen molar-refractivity contribution in [2.75, 3.05) is 37.7 Å². The molecule has 0 bridgehead atoms. The first-order chi connectivity index (χ1) is 7.40. The molecule has 15 heavy (non-hydrogen) atoms. The third-order valence-corrected chi connectivity index (χ3v) is 2.39. The van der Waals surface area contributed by atoms with Crippen molar-refractivity contribution in [1.29, 1.82) is 0 Å². The first-order valence-corrected chi connectivity index (χ1v) is 5.31. The van der Waals surface area contributed by atoms with Gasteiger partial charge in [0.2, 0.25) is 5.88 Å². The quantitative estimate of drug-likeness (QED) is 0.773. The summed E-state index contributed by atoms with van der Waals surface area (Å²) >= 11 is 0. The lowest BCUT2D eigenvalue weighted by atomic mass is 10.3. The summed E-state index contributed by atoms with van der Waals surface area (Å²) in [4.78, 5) is 2.29. The molecule has 5 heteroatoms. The molecule has 1 aromatic rings. The molecule has 1 aliphatic rings. The lowest BCUT2D eigenvalue weighted by Gasteiger charge is -2.28. The van der Waals surface area contributed by atoms with Crippen molar-refractivity contribution in [1.82, 2.24) is 15.5 Å². The molecule has 0 spiro atoms. The predicted molar refractivity (Wildman–Crippen MR) is 58.3 cm³/mol. The molecule has 2 rings (SSSR count). The number of piperazine rings is 1. The van der Waals surface area contributed by atoms with Crippen molar-refractivity contribution < 1.29 is 4.74 Å². The van der Waals surface area contributed by atoms with Gasteiger partial charge in [-0.1, -0.05) is 0 Å². The van der Waals surface area contributed by atoms with Crippen LogP contribution in [-0.2, 0) is 0 Å². The molecule has 0 aliphatic carbocycles. The van der Waals surface area contributed by atoms with Crippen molar-refractivity contribution in [3.8, 4) is 5.88 Å². The van der Waals surface area contributed by atoms with E-state index >= 15 is 0 Å². The number of rotatable bonds is 3. The van der Waals surface area contributed by atoms with Gasteiger partial charge in [0.15, 0.2) is 0 Å². The van der Waals surface area contributed by atoms with Gasteiger partial charge >= 0.3 is 0 Å². The van der Waals surface area contributed by atoms with Crippen LogP contribution in [0.2, 0.25) is 0 Å². The monoisotopic (exact) mass is 208 g/mol. The smallest absolute Gasteiger partial charge is 0.235 e. The Morgan fingerprint density at radius 1 is 1.47 bits per heavy atom. The zero-order chi connectivity index (χ0) is 10.5. The van der Waals surface area contributed by atoms with E-state index in [9.17, 15) is 0 Å². The first kappa shape index (κ1) is 10.2. The Hall–Kier alpha value is -1.36. The average molecular weight is 208 g/mol. The summed E-state index contributed by atoms with van der Waals surface area (Å²) in [6.45, 7) is 6.63. The van der Waals surface area contributed by atoms with Crippen LogP contribution in [-0.4, -0.2) is 43.0 Å². The maximum atomic E-state index is 5.32. The van der Waals surface area contributed by atoms with Crippen molar-refractivity contribution >= 4 is 5.69 Å². The Labute approximate surface area is 89.4 Å². The molecule has 1 N–H and O–H groups in total. The van der Waals surface area contributed by atoms with Gasteiger partial charge in [-0.25, -0.2) is 0 Å². The van der Waals surface area contributed by atoms with Crippen LogP contribution in [0, 0.1) is 0 Å². The molecule has 1 fully saturated rings. The topological polar surface area (TPSA) is 50.3 Å². The zero-order valence-corrected chi connectivity index (χ0v) is 8.94. The number of anilines is 1. The van der Waals surface area contributed by atoms with Gasteiger partial charge in [-0.05, 0) is 6.92 Å². The summed E-state index contributed by atoms with van der Waals surface area (Å²) in [6.07, 6.45) is 1.79. The first-order valence-electron chi connectivity index (χ1n) is 5.31. The fourth-order valence-corrected chi connectivity index (χ4v) is 1.65. The summed E-state index contributed by atoms with van der Waals surface area (Å²) in [7, 11) is 0. The van der Waals surface area contributed by atoms with Crippen LogP contribution >= 0.6 is 0 Å². The van der Waals surface area contributed by atoms with Crippen LogP contribution in [0.3, 0.4) is 0 Å². The Balaban J connectivity index is 2.09. The van der Waals surface area contributed by atoms with E-state index < -0.39 is 0 Å². The summed E-state index contributed by atoms with van der Waals surface area (Å²) in [5.74, 6) is 0.605. The SMILES string of the molecule is CCOc1cc(N2CCNCC2)cnn1. The number of nitrogens with one attached hydrogen (secondary N) is 1. The van der Waals surface area contributed by atoms with E-state index in [-0.39, 0.29) is 0 Å². The minimum atomic E-state index is 0.605. The maximum absolute atomic E-state index is 5.32. The third-order valence-electron chi connectivity index (χ3n) is 2.39. The minimum Gasteiger partial charge on any atom is -0.477 e. The normalized spacial score (nSPS) is 16.5. The number of nitrogens with zero attached hydrogens (tertiary/aromatic N) is 3. The Kier molecular flexibility index (Phi) is 3.34. The molecule has 82 valence electrons. The number of hydrogen-bond acceptors (Lipinski definition) is 5. The van der Waals surface area contributed by atoms with E-state index in [1.54, 1.807) is 6.20 Å². The van der Waals surface area contributed by atoms with Crippen molar-refractivity contribution in [2.45, 2.75) is 6.92 Å². The molecule has 0 radical (unpaired) electrons. The molecule has 1 aliphatic heterocycles. The minimum absolute atomic E-state index is 0.605. The molecule has 2 heterocycles. The summed E-state index contributed by atoms with van der Waals surface area (Å²) in [6, 6.07) is 1.95. The highest BCUT2D eigenvalue weighted by Gasteiger charge is 2.11. The van der Waals surface area contributed by atoms with E-state index in [2.05, 4.69) is 20.4 Å². The molecule has 0 unspecified atom stereocenters. The van der Waals surface area contributed by atoms with Crippen molar-refractivity contribution in [3.63, 3.8) is 0 Å². The van der Waals surface area contributed by atoms with Gasteiger partial charge in [0.1, 0.15) is 0 Å². The second-order valence-electron chi connectivity index (χ2n) is 3.42. The van der Waals surface area contributed by atoms with Crippen LogP contribution in [0.15, 0.2) is 12.3 Å². The molecular weight excluding hydrogens is 192 g/mol. The Bertz CT molecular complexity index is 312. The van der Waals surface area contributed by atoms with Crippen LogP contribution in [0.4, 0.5) is 5.69 Å². The second-order valence-corrected chi connectivity index (χ2v) is 3.42. The highest BCUT2D eigenvalue weighted by Crippen LogP contribution is 2.17. The Morgan fingerprint density at radius 3 is 3.00 bits per heavy atom. The molecule has 1 aromatic heterocycles. The van der Waals surface area contributed by atoms with Gasteiger partial charge in [0.05, 0.1) is 18.5 Å². The van der Waals surface area contributed by atoms with Gasteiger partial charge < -0.3 is 15.0 Å². The van der Waals surface area contributed by atoms with Gasteiger partial charge in [0, 0.05) is 32.2 Å². The summed E-state index contributed by atoms with van der Waals surface area (Å²) in [5, 5.41) is 11.2. The highest BCUT2D eigenvalue weighted by molar-refractivity contribution is 5.46. The maximum Gasteiger partial charge on any atom is 0.235 e. The van der Waals surface area contributed by atoms with Crippen molar-refractivity contribution in [3.05, 3.63) is 12.3 Å². The van der Waals surface area contributed by atoms with E-state index in [1.807, 2.05) is 13.0 Å². The van der Waals surface area contributed by atoms with Crippen LogP contribution in [0.5, 0.6) is 5.88 Å². The lowest BCUT2D eigenvalue weighted by Crippen LogP contribution is -2.43. The molecule has 0 saturated carbocycles. The van der Waals surface area contributed by atoms with E-state index in [4.69, 9.17) is 4.74 Å². The zero-order valence-electron chi connectivity index (χ0n) is 8.94. The standard InChI is InChI=1S/C10H16N4O/c1-2-15-10-7-9(8-12-13-10)14-5-3-11-4-6-14/h7-8,11H,2-6H2,1H3. The molecule has 0 aromatic carbocycles. The fourth-order valence-electron chi connectivity index (χ4n) is 1.65. The van der Waals surface area contributed by atoms with Gasteiger partial charge in [-0.3, -0.25) is 0 Å². The van der Waals surface area contributed by atoms with Gasteiger partial charge in [-0.2, -0.15) is 5.10 Å². The number of aromatic nitrogens is 2. The molecule has 5 nitrogen and oxygen atoms in total. The molecular formula is C10H16N4O. The lowest BCUT2D eigenvalue weighted by molar-refractivity contribution is 0.322. The van der Waals surface area contributed by atoms with E-state index in [0.717, 1.165) is 31.9 Å². The third kappa shape index (κ3) is 2.56. The number of ether oxygens (including phenoxy) is 1. The van der Waals surface area contributed by atoms with Crippen LogP contribution < -0.4 is 15.0 Å². The average Bonchev–Trinajstić information content (AvgIpc) is 2.31. The molecule has 0 amide bonds. The summed E-state index contributed by atoms with van der Waals surface area (Å²) in [5.41, 5.74) is 1.09. The predicted octanol–water partition coefficient (Wildman–Crippen LogP) is 0.285. The van der Waals surface area contributed by atoms with Gasteiger partial charge in [0.25, 0.3) is 0 Å². The highest BCUT2D eigenvalue weighted by atomic mass is 16.5.